The van der Waals surface area contributed by atoms with Crippen LogP contribution in [0, 0.1) is 19.8 Å². The van der Waals surface area contributed by atoms with E-state index >= 15 is 0 Å². The highest BCUT2D eigenvalue weighted by atomic mass is 16.5. The van der Waals surface area contributed by atoms with Crippen LogP contribution in [-0.4, -0.2) is 12.7 Å². The van der Waals surface area contributed by atoms with Gasteiger partial charge in [-0.15, -0.1) is 0 Å². The summed E-state index contributed by atoms with van der Waals surface area (Å²) >= 11 is 0. The lowest BCUT2D eigenvalue weighted by Gasteiger charge is -2.24. The van der Waals surface area contributed by atoms with Crippen molar-refractivity contribution in [1.29, 1.82) is 0 Å². The standard InChI is InChI=1S/C15H23NO/c1-4-17-15(12-5-6-12)14(16)13-8-10(2)7-11(3)9-13/h7-9,12,14-15H,4-6,16H2,1-3H3. The van der Waals surface area contributed by atoms with Crippen LogP contribution in [0.4, 0.5) is 0 Å². The molecule has 2 atom stereocenters. The van der Waals surface area contributed by atoms with Crippen LogP contribution in [0.25, 0.3) is 0 Å². The molecule has 94 valence electrons. The van der Waals surface area contributed by atoms with E-state index in [0.717, 1.165) is 6.61 Å². The molecule has 2 heteroatoms. The molecule has 0 radical (unpaired) electrons. The van der Waals surface area contributed by atoms with Gasteiger partial charge in [0, 0.05) is 6.61 Å². The lowest BCUT2D eigenvalue weighted by Crippen LogP contribution is -2.31. The lowest BCUT2D eigenvalue weighted by molar-refractivity contribution is 0.0283. The molecule has 0 saturated heterocycles. The number of hydrogen-bond donors (Lipinski definition) is 1. The highest BCUT2D eigenvalue weighted by Crippen LogP contribution is 2.39. The quantitative estimate of drug-likeness (QED) is 0.848. The first-order valence-corrected chi connectivity index (χ1v) is 6.57. The van der Waals surface area contributed by atoms with E-state index in [0.29, 0.717) is 5.92 Å². The van der Waals surface area contributed by atoms with Crippen molar-refractivity contribution in [2.24, 2.45) is 11.7 Å². The molecule has 0 heterocycles. The maximum Gasteiger partial charge on any atom is 0.0795 e. The Balaban J connectivity index is 2.18. The Morgan fingerprint density at radius 3 is 2.29 bits per heavy atom. The van der Waals surface area contributed by atoms with Gasteiger partial charge in [0.05, 0.1) is 12.1 Å². The van der Waals surface area contributed by atoms with Gasteiger partial charge in [0.25, 0.3) is 0 Å². The summed E-state index contributed by atoms with van der Waals surface area (Å²) in [7, 11) is 0. The third-order valence-electron chi connectivity index (χ3n) is 3.43. The minimum atomic E-state index is 0.0149. The minimum Gasteiger partial charge on any atom is -0.376 e. The highest BCUT2D eigenvalue weighted by molar-refractivity contribution is 5.31. The number of ether oxygens (including phenoxy) is 1. The molecular formula is C15H23NO. The zero-order chi connectivity index (χ0) is 12.4. The molecule has 0 amide bonds. The second kappa shape index (κ2) is 5.19. The fourth-order valence-electron chi connectivity index (χ4n) is 2.54. The van der Waals surface area contributed by atoms with Gasteiger partial charge < -0.3 is 10.5 Å². The molecule has 2 N–H and O–H groups in total. The molecule has 0 aliphatic heterocycles. The number of benzene rings is 1. The molecular weight excluding hydrogens is 210 g/mol. The van der Waals surface area contributed by atoms with Crippen molar-refractivity contribution in [2.75, 3.05) is 6.61 Å². The van der Waals surface area contributed by atoms with E-state index in [-0.39, 0.29) is 12.1 Å². The predicted molar refractivity (Wildman–Crippen MR) is 71.0 cm³/mol. The fourth-order valence-corrected chi connectivity index (χ4v) is 2.54. The van der Waals surface area contributed by atoms with Crippen molar-refractivity contribution in [1.82, 2.24) is 0 Å². The number of nitrogens with two attached hydrogens (primary N) is 1. The third kappa shape index (κ3) is 3.08. The first-order valence-electron chi connectivity index (χ1n) is 6.57. The van der Waals surface area contributed by atoms with Crippen molar-refractivity contribution in [2.45, 2.75) is 45.8 Å². The van der Waals surface area contributed by atoms with Crippen molar-refractivity contribution < 1.29 is 4.74 Å². The highest BCUT2D eigenvalue weighted by Gasteiger charge is 2.36. The molecule has 2 unspecified atom stereocenters. The fraction of sp³-hybridized carbons (Fsp3) is 0.600. The first kappa shape index (κ1) is 12.6. The average molecular weight is 233 g/mol. The van der Waals surface area contributed by atoms with Gasteiger partial charge in [-0.2, -0.15) is 0 Å². The van der Waals surface area contributed by atoms with E-state index in [4.69, 9.17) is 10.5 Å². The molecule has 0 spiro atoms. The Hall–Kier alpha value is -0.860. The predicted octanol–water partition coefficient (Wildman–Crippen LogP) is 3.12. The number of hydrogen-bond acceptors (Lipinski definition) is 2. The van der Waals surface area contributed by atoms with Gasteiger partial charge in [0.15, 0.2) is 0 Å². The Kier molecular flexibility index (Phi) is 3.85. The molecule has 1 aliphatic carbocycles. The second-order valence-electron chi connectivity index (χ2n) is 5.20. The van der Waals surface area contributed by atoms with Crippen LogP contribution in [-0.2, 0) is 4.74 Å². The van der Waals surface area contributed by atoms with Gasteiger partial charge in [-0.25, -0.2) is 0 Å². The zero-order valence-corrected chi connectivity index (χ0v) is 11.1. The van der Waals surface area contributed by atoms with Crippen LogP contribution in [0.15, 0.2) is 18.2 Å². The van der Waals surface area contributed by atoms with Gasteiger partial charge in [-0.05, 0) is 45.1 Å². The third-order valence-corrected chi connectivity index (χ3v) is 3.43. The van der Waals surface area contributed by atoms with Crippen LogP contribution in [0.2, 0.25) is 0 Å². The monoisotopic (exact) mass is 233 g/mol. The molecule has 1 aliphatic rings. The maximum atomic E-state index is 6.38. The van der Waals surface area contributed by atoms with E-state index < -0.39 is 0 Å². The summed E-state index contributed by atoms with van der Waals surface area (Å²) < 4.78 is 5.84. The zero-order valence-electron chi connectivity index (χ0n) is 11.1. The van der Waals surface area contributed by atoms with Crippen molar-refractivity contribution in [3.05, 3.63) is 34.9 Å². The normalized spacial score (nSPS) is 19.1. The van der Waals surface area contributed by atoms with Crippen LogP contribution < -0.4 is 5.73 Å². The minimum absolute atomic E-state index is 0.0149. The van der Waals surface area contributed by atoms with Gasteiger partial charge in [-0.1, -0.05) is 29.3 Å². The summed E-state index contributed by atoms with van der Waals surface area (Å²) in [6.45, 7) is 7.04. The Morgan fingerprint density at radius 1 is 1.24 bits per heavy atom. The molecule has 0 aromatic heterocycles. The van der Waals surface area contributed by atoms with Gasteiger partial charge in [-0.3, -0.25) is 0 Å². The molecule has 2 nitrogen and oxygen atoms in total. The van der Waals surface area contributed by atoms with E-state index in [1.807, 2.05) is 6.92 Å². The molecule has 17 heavy (non-hydrogen) atoms. The van der Waals surface area contributed by atoms with E-state index in [1.165, 1.54) is 29.5 Å². The summed E-state index contributed by atoms with van der Waals surface area (Å²) in [6, 6.07) is 6.57. The smallest absolute Gasteiger partial charge is 0.0795 e. The Morgan fingerprint density at radius 2 is 1.82 bits per heavy atom. The topological polar surface area (TPSA) is 35.2 Å². The van der Waals surface area contributed by atoms with E-state index in [1.54, 1.807) is 0 Å². The van der Waals surface area contributed by atoms with Crippen LogP contribution >= 0.6 is 0 Å². The summed E-state index contributed by atoms with van der Waals surface area (Å²) in [5, 5.41) is 0. The SMILES string of the molecule is CCOC(C1CC1)C(N)c1cc(C)cc(C)c1. The van der Waals surface area contributed by atoms with Gasteiger partial charge >= 0.3 is 0 Å². The van der Waals surface area contributed by atoms with Crippen LogP contribution in [0.1, 0.15) is 42.5 Å². The van der Waals surface area contributed by atoms with Gasteiger partial charge in [0.1, 0.15) is 0 Å². The van der Waals surface area contributed by atoms with Crippen molar-refractivity contribution >= 4 is 0 Å². The number of rotatable bonds is 5. The molecule has 1 fully saturated rings. The summed E-state index contributed by atoms with van der Waals surface area (Å²) in [4.78, 5) is 0. The molecule has 2 rings (SSSR count). The van der Waals surface area contributed by atoms with Gasteiger partial charge in [0.2, 0.25) is 0 Å². The molecule has 1 aromatic carbocycles. The first-order chi connectivity index (χ1) is 8.11. The Labute approximate surface area is 104 Å². The van der Waals surface area contributed by atoms with Crippen molar-refractivity contribution in [3.63, 3.8) is 0 Å². The Bertz CT molecular complexity index is 364. The maximum absolute atomic E-state index is 6.38. The lowest BCUT2D eigenvalue weighted by atomic mass is 9.96. The molecule has 1 saturated carbocycles. The second-order valence-corrected chi connectivity index (χ2v) is 5.20. The van der Waals surface area contributed by atoms with E-state index in [9.17, 15) is 0 Å². The summed E-state index contributed by atoms with van der Waals surface area (Å²) in [5.41, 5.74) is 10.2. The average Bonchev–Trinajstić information content (AvgIpc) is 3.07. The van der Waals surface area contributed by atoms with Crippen LogP contribution in [0.3, 0.4) is 0 Å². The molecule has 0 bridgehead atoms. The van der Waals surface area contributed by atoms with Crippen LogP contribution in [0.5, 0.6) is 0 Å². The summed E-state index contributed by atoms with van der Waals surface area (Å²) in [5.74, 6) is 0.672. The van der Waals surface area contributed by atoms with Crippen molar-refractivity contribution in [3.8, 4) is 0 Å². The molecule has 1 aromatic rings. The largest absolute Gasteiger partial charge is 0.376 e. The summed E-state index contributed by atoms with van der Waals surface area (Å²) in [6.07, 6.45) is 2.73. The van der Waals surface area contributed by atoms with E-state index in [2.05, 4.69) is 32.0 Å². The number of aryl methyl sites for hydroxylation is 2.